The van der Waals surface area contributed by atoms with Gasteiger partial charge in [-0.1, -0.05) is 26.7 Å². The summed E-state index contributed by atoms with van der Waals surface area (Å²) in [4.78, 5) is 7.26. The second-order valence-electron chi connectivity index (χ2n) is 6.64. The van der Waals surface area contributed by atoms with Gasteiger partial charge in [0.2, 0.25) is 0 Å². The second kappa shape index (κ2) is 6.74. The first kappa shape index (κ1) is 14.8. The number of fused-ring (bicyclic) bond motifs is 1. The van der Waals surface area contributed by atoms with Crippen LogP contribution in [0.25, 0.3) is 0 Å². The molecule has 1 saturated heterocycles. The number of nitrogens with zero attached hydrogens (tertiary/aromatic N) is 3. The molecule has 0 amide bonds. The quantitative estimate of drug-likeness (QED) is 0.533. The third kappa shape index (κ3) is 3.50. The van der Waals surface area contributed by atoms with E-state index in [2.05, 4.69) is 25.8 Å². The number of guanidine groups is 1. The van der Waals surface area contributed by atoms with E-state index in [0.717, 1.165) is 12.5 Å². The molecule has 0 saturated carbocycles. The first-order valence-electron chi connectivity index (χ1n) is 8.30. The lowest BCUT2D eigenvalue weighted by Crippen LogP contribution is -2.64. The van der Waals surface area contributed by atoms with Gasteiger partial charge in [0.1, 0.15) is 0 Å². The van der Waals surface area contributed by atoms with Crippen LogP contribution >= 0.6 is 0 Å². The van der Waals surface area contributed by atoms with Crippen molar-refractivity contribution in [3.05, 3.63) is 0 Å². The minimum atomic E-state index is 0.901. The summed E-state index contributed by atoms with van der Waals surface area (Å²) in [5.41, 5.74) is 0. The van der Waals surface area contributed by atoms with Crippen molar-refractivity contribution >= 4 is 5.96 Å². The van der Waals surface area contributed by atoms with Gasteiger partial charge in [-0.2, -0.15) is 0 Å². The lowest BCUT2D eigenvalue weighted by molar-refractivity contribution is -0.853. The standard InChI is InChI=1S/C16H32N3/c1-4-15(2)9-5-6-12-19-13-7-10-17-16(19)18(3)11-8-14-19/h15H,4-14H2,1-3H3/q+1. The van der Waals surface area contributed by atoms with E-state index in [1.54, 1.807) is 0 Å². The van der Waals surface area contributed by atoms with Gasteiger partial charge >= 0.3 is 0 Å². The highest BCUT2D eigenvalue weighted by Crippen LogP contribution is 2.24. The summed E-state index contributed by atoms with van der Waals surface area (Å²) in [7, 11) is 2.23. The first-order valence-corrected chi connectivity index (χ1v) is 8.30. The number of rotatable bonds is 6. The van der Waals surface area contributed by atoms with Gasteiger partial charge in [0.25, 0.3) is 5.96 Å². The molecule has 0 aromatic carbocycles. The number of aliphatic imine (C=N–C) groups is 1. The molecule has 0 aliphatic carbocycles. The Labute approximate surface area is 119 Å². The second-order valence-corrected chi connectivity index (χ2v) is 6.64. The van der Waals surface area contributed by atoms with Gasteiger partial charge in [-0.25, -0.2) is 4.99 Å². The number of quaternary nitrogens is 1. The third-order valence-corrected chi connectivity index (χ3v) is 5.07. The van der Waals surface area contributed by atoms with E-state index in [1.165, 1.54) is 75.1 Å². The molecule has 110 valence electrons. The Morgan fingerprint density at radius 2 is 2.05 bits per heavy atom. The fourth-order valence-corrected chi connectivity index (χ4v) is 3.64. The van der Waals surface area contributed by atoms with Crippen molar-refractivity contribution in [1.82, 2.24) is 4.90 Å². The predicted molar refractivity (Wildman–Crippen MR) is 82.3 cm³/mol. The van der Waals surface area contributed by atoms with Gasteiger partial charge in [-0.15, -0.1) is 0 Å². The molecular weight excluding hydrogens is 234 g/mol. The number of hydrogen-bond acceptors (Lipinski definition) is 2. The molecule has 2 unspecified atom stereocenters. The molecule has 0 aromatic heterocycles. The highest BCUT2D eigenvalue weighted by molar-refractivity contribution is 5.74. The smallest absolute Gasteiger partial charge is 0.300 e. The van der Waals surface area contributed by atoms with Gasteiger partial charge in [0.15, 0.2) is 0 Å². The summed E-state index contributed by atoms with van der Waals surface area (Å²) < 4.78 is 1.19. The lowest BCUT2D eigenvalue weighted by Gasteiger charge is -2.46. The summed E-state index contributed by atoms with van der Waals surface area (Å²) in [5, 5.41) is 0. The van der Waals surface area contributed by atoms with Crippen LogP contribution in [0, 0.1) is 5.92 Å². The maximum atomic E-state index is 4.85. The molecule has 2 aliphatic heterocycles. The van der Waals surface area contributed by atoms with Gasteiger partial charge in [0, 0.05) is 26.4 Å². The fourth-order valence-electron chi connectivity index (χ4n) is 3.64. The molecule has 0 radical (unpaired) electrons. The van der Waals surface area contributed by atoms with Crippen LogP contribution in [-0.4, -0.2) is 55.1 Å². The molecule has 3 nitrogen and oxygen atoms in total. The molecule has 0 bridgehead atoms. The molecule has 2 heterocycles. The van der Waals surface area contributed by atoms with Crippen molar-refractivity contribution in [3.8, 4) is 0 Å². The zero-order valence-electron chi connectivity index (χ0n) is 13.2. The van der Waals surface area contributed by atoms with Gasteiger partial charge < -0.3 is 4.90 Å². The Bertz CT molecular complexity index is 313. The molecule has 2 aliphatic rings. The summed E-state index contributed by atoms with van der Waals surface area (Å²) in [6.07, 6.45) is 8.11. The molecule has 0 N–H and O–H groups in total. The lowest BCUT2D eigenvalue weighted by atomic mass is 10.0. The van der Waals surface area contributed by atoms with Crippen molar-refractivity contribution in [1.29, 1.82) is 0 Å². The van der Waals surface area contributed by atoms with Crippen molar-refractivity contribution in [3.63, 3.8) is 0 Å². The topological polar surface area (TPSA) is 15.6 Å². The van der Waals surface area contributed by atoms with E-state index in [0.29, 0.717) is 0 Å². The minimum absolute atomic E-state index is 0.901. The van der Waals surface area contributed by atoms with Crippen LogP contribution in [0.5, 0.6) is 0 Å². The van der Waals surface area contributed by atoms with Crippen molar-refractivity contribution in [2.75, 3.05) is 39.8 Å². The van der Waals surface area contributed by atoms with Gasteiger partial charge in [-0.3, -0.25) is 4.48 Å². The molecule has 2 atom stereocenters. The normalized spacial score (nSPS) is 28.8. The highest BCUT2D eigenvalue weighted by atomic mass is 15.5. The Morgan fingerprint density at radius 3 is 2.84 bits per heavy atom. The zero-order chi connectivity index (χ0) is 13.7. The van der Waals surface area contributed by atoms with Crippen molar-refractivity contribution < 1.29 is 4.48 Å². The minimum Gasteiger partial charge on any atom is -0.314 e. The summed E-state index contributed by atoms with van der Waals surface area (Å²) in [5.74, 6) is 2.29. The average molecular weight is 266 g/mol. The zero-order valence-corrected chi connectivity index (χ0v) is 13.2. The Kier molecular flexibility index (Phi) is 5.26. The largest absolute Gasteiger partial charge is 0.314 e. The van der Waals surface area contributed by atoms with Crippen LogP contribution < -0.4 is 0 Å². The van der Waals surface area contributed by atoms with Crippen LogP contribution in [0.4, 0.5) is 0 Å². The summed E-state index contributed by atoms with van der Waals surface area (Å²) in [6.45, 7) is 10.9. The number of unbranched alkanes of at least 4 members (excludes halogenated alkanes) is 1. The van der Waals surface area contributed by atoms with E-state index in [9.17, 15) is 0 Å². The van der Waals surface area contributed by atoms with Crippen molar-refractivity contribution in [2.24, 2.45) is 10.9 Å². The average Bonchev–Trinajstić information content (AvgIpc) is 2.44. The molecule has 19 heavy (non-hydrogen) atoms. The van der Waals surface area contributed by atoms with Crippen LogP contribution in [0.15, 0.2) is 4.99 Å². The Balaban J connectivity index is 1.88. The number of hydrogen-bond donors (Lipinski definition) is 0. The maximum absolute atomic E-state index is 4.85. The molecular formula is C16H32N3+. The van der Waals surface area contributed by atoms with Crippen LogP contribution in [0.2, 0.25) is 0 Å². The SMILES string of the molecule is CCC(C)CCCC[N+]12CCCN=C1N(C)CCC2. The van der Waals surface area contributed by atoms with E-state index in [-0.39, 0.29) is 0 Å². The summed E-state index contributed by atoms with van der Waals surface area (Å²) >= 11 is 0. The van der Waals surface area contributed by atoms with Crippen LogP contribution in [0.1, 0.15) is 52.4 Å². The highest BCUT2D eigenvalue weighted by Gasteiger charge is 2.40. The molecule has 3 heteroatoms. The monoisotopic (exact) mass is 266 g/mol. The summed E-state index contributed by atoms with van der Waals surface area (Å²) in [6, 6.07) is 0. The van der Waals surface area contributed by atoms with Crippen LogP contribution in [-0.2, 0) is 0 Å². The van der Waals surface area contributed by atoms with Crippen LogP contribution in [0.3, 0.4) is 0 Å². The van der Waals surface area contributed by atoms with E-state index in [4.69, 9.17) is 4.99 Å². The van der Waals surface area contributed by atoms with E-state index >= 15 is 0 Å². The Morgan fingerprint density at radius 1 is 1.26 bits per heavy atom. The predicted octanol–water partition coefficient (Wildman–Crippen LogP) is 3.11. The van der Waals surface area contributed by atoms with E-state index in [1.807, 2.05) is 0 Å². The van der Waals surface area contributed by atoms with Gasteiger partial charge in [-0.05, 0) is 18.8 Å². The molecule has 1 fully saturated rings. The van der Waals surface area contributed by atoms with E-state index < -0.39 is 0 Å². The van der Waals surface area contributed by atoms with Crippen molar-refractivity contribution in [2.45, 2.75) is 52.4 Å². The molecule has 0 aromatic rings. The Hall–Kier alpha value is -0.570. The first-order chi connectivity index (χ1) is 9.18. The fraction of sp³-hybridized carbons (Fsp3) is 0.938. The molecule has 2 rings (SSSR count). The maximum Gasteiger partial charge on any atom is 0.300 e. The third-order valence-electron chi connectivity index (χ3n) is 5.07. The molecule has 0 spiro atoms. The van der Waals surface area contributed by atoms with Gasteiger partial charge in [0.05, 0.1) is 26.2 Å².